The van der Waals surface area contributed by atoms with Crippen molar-refractivity contribution in [3.63, 3.8) is 0 Å². The highest BCUT2D eigenvalue weighted by atomic mass is 19.1. The Morgan fingerprint density at radius 2 is 2.14 bits per heavy atom. The molecule has 2 aromatic rings. The summed E-state index contributed by atoms with van der Waals surface area (Å²) in [4.78, 5) is 14.1. The number of rotatable bonds is 6. The van der Waals surface area contributed by atoms with Crippen LogP contribution in [0.1, 0.15) is 5.56 Å². The van der Waals surface area contributed by atoms with E-state index >= 15 is 0 Å². The third kappa shape index (κ3) is 3.87. The van der Waals surface area contributed by atoms with E-state index in [1.54, 1.807) is 6.92 Å². The fourth-order valence-electron chi connectivity index (χ4n) is 1.77. The molecule has 2 rings (SSSR count). The average molecular weight is 309 g/mol. The Kier molecular flexibility index (Phi) is 4.82. The first-order valence-corrected chi connectivity index (χ1v) is 6.40. The zero-order valence-corrected chi connectivity index (χ0v) is 11.7. The van der Waals surface area contributed by atoms with Gasteiger partial charge in [0.15, 0.2) is 11.6 Å². The van der Waals surface area contributed by atoms with Crippen molar-refractivity contribution in [1.82, 2.24) is 4.98 Å². The first kappa shape index (κ1) is 15.6. The Morgan fingerprint density at radius 1 is 1.36 bits per heavy atom. The minimum atomic E-state index is -0.774. The third-order valence-electron chi connectivity index (χ3n) is 2.84. The predicted molar refractivity (Wildman–Crippen MR) is 76.0 cm³/mol. The SMILES string of the molecule is Cc1cc(NCCOc2ccc(F)cc2F)ncc1[N+](=O)[O-]. The lowest BCUT2D eigenvalue weighted by molar-refractivity contribution is -0.385. The van der Waals surface area contributed by atoms with Gasteiger partial charge in [-0.25, -0.2) is 13.8 Å². The molecule has 0 bridgehead atoms. The van der Waals surface area contributed by atoms with Gasteiger partial charge in [0.2, 0.25) is 0 Å². The topological polar surface area (TPSA) is 77.3 Å². The van der Waals surface area contributed by atoms with Crippen LogP contribution in [0.4, 0.5) is 20.3 Å². The van der Waals surface area contributed by atoms with E-state index in [1.165, 1.54) is 12.1 Å². The lowest BCUT2D eigenvalue weighted by atomic mass is 10.2. The number of ether oxygens (including phenoxy) is 1. The molecule has 1 N–H and O–H groups in total. The summed E-state index contributed by atoms with van der Waals surface area (Å²) in [6.45, 7) is 2.04. The normalized spacial score (nSPS) is 10.3. The maximum Gasteiger partial charge on any atom is 0.290 e. The zero-order valence-electron chi connectivity index (χ0n) is 11.7. The van der Waals surface area contributed by atoms with Gasteiger partial charge in [-0.3, -0.25) is 10.1 Å². The van der Waals surface area contributed by atoms with Gasteiger partial charge in [0.1, 0.15) is 24.4 Å². The van der Waals surface area contributed by atoms with Crippen molar-refractivity contribution >= 4 is 11.5 Å². The monoisotopic (exact) mass is 309 g/mol. The number of aromatic nitrogens is 1. The molecule has 0 saturated heterocycles. The van der Waals surface area contributed by atoms with Crippen LogP contribution in [0.5, 0.6) is 5.75 Å². The lowest BCUT2D eigenvalue weighted by Crippen LogP contribution is -2.13. The fourth-order valence-corrected chi connectivity index (χ4v) is 1.77. The molecule has 0 unspecified atom stereocenters. The first-order chi connectivity index (χ1) is 10.5. The second-order valence-corrected chi connectivity index (χ2v) is 4.46. The van der Waals surface area contributed by atoms with E-state index in [4.69, 9.17) is 4.74 Å². The quantitative estimate of drug-likeness (QED) is 0.504. The van der Waals surface area contributed by atoms with Crippen molar-refractivity contribution in [3.8, 4) is 5.75 Å². The van der Waals surface area contributed by atoms with Gasteiger partial charge in [0, 0.05) is 11.6 Å². The summed E-state index contributed by atoms with van der Waals surface area (Å²) in [6.07, 6.45) is 1.16. The summed E-state index contributed by atoms with van der Waals surface area (Å²) in [5.74, 6) is -1.04. The van der Waals surface area contributed by atoms with Gasteiger partial charge in [0.05, 0.1) is 11.5 Å². The number of nitro groups is 1. The third-order valence-corrected chi connectivity index (χ3v) is 2.84. The number of anilines is 1. The Bertz CT molecular complexity index is 695. The molecule has 0 radical (unpaired) electrons. The number of pyridine rings is 1. The molecule has 1 aromatic carbocycles. The molecule has 0 aliphatic carbocycles. The summed E-state index contributed by atoms with van der Waals surface area (Å²) in [6, 6.07) is 4.59. The Hall–Kier alpha value is -2.77. The maximum atomic E-state index is 13.3. The number of nitrogens with one attached hydrogen (secondary N) is 1. The molecule has 6 nitrogen and oxygen atoms in total. The molecule has 0 amide bonds. The number of hydrogen-bond acceptors (Lipinski definition) is 5. The fraction of sp³-hybridized carbons (Fsp3) is 0.214. The number of nitrogens with zero attached hydrogens (tertiary/aromatic N) is 2. The molecule has 22 heavy (non-hydrogen) atoms. The van der Waals surface area contributed by atoms with E-state index in [1.807, 2.05) is 0 Å². The highest BCUT2D eigenvalue weighted by Gasteiger charge is 2.11. The number of aryl methyl sites for hydroxylation is 1. The van der Waals surface area contributed by atoms with Gasteiger partial charge in [0.25, 0.3) is 5.69 Å². The second kappa shape index (κ2) is 6.79. The van der Waals surface area contributed by atoms with E-state index in [9.17, 15) is 18.9 Å². The van der Waals surface area contributed by atoms with Crippen LogP contribution in [0.15, 0.2) is 30.5 Å². The van der Waals surface area contributed by atoms with Gasteiger partial charge >= 0.3 is 0 Å². The molecular weight excluding hydrogens is 296 g/mol. The average Bonchev–Trinajstić information content (AvgIpc) is 2.45. The smallest absolute Gasteiger partial charge is 0.290 e. The van der Waals surface area contributed by atoms with Crippen LogP contribution in [0.2, 0.25) is 0 Å². The van der Waals surface area contributed by atoms with Gasteiger partial charge in [-0.1, -0.05) is 0 Å². The molecular formula is C14H13F2N3O3. The molecule has 1 heterocycles. The van der Waals surface area contributed by atoms with Crippen molar-refractivity contribution in [2.24, 2.45) is 0 Å². The van der Waals surface area contributed by atoms with Crippen LogP contribution in [0.25, 0.3) is 0 Å². The molecule has 0 saturated carbocycles. The van der Waals surface area contributed by atoms with Crippen LogP contribution in [0, 0.1) is 28.7 Å². The van der Waals surface area contributed by atoms with E-state index in [0.717, 1.165) is 18.3 Å². The Labute approximate surface area is 124 Å². The molecule has 0 aliphatic heterocycles. The molecule has 0 fully saturated rings. The highest BCUT2D eigenvalue weighted by Crippen LogP contribution is 2.19. The molecule has 8 heteroatoms. The van der Waals surface area contributed by atoms with Crippen molar-refractivity contribution in [2.75, 3.05) is 18.5 Å². The van der Waals surface area contributed by atoms with Crippen LogP contribution in [0.3, 0.4) is 0 Å². The summed E-state index contributed by atoms with van der Waals surface area (Å²) >= 11 is 0. The highest BCUT2D eigenvalue weighted by molar-refractivity contribution is 5.46. The molecule has 0 atom stereocenters. The van der Waals surface area contributed by atoms with Gasteiger partial charge in [-0.15, -0.1) is 0 Å². The Balaban J connectivity index is 1.86. The minimum Gasteiger partial charge on any atom is -0.489 e. The van der Waals surface area contributed by atoms with Crippen molar-refractivity contribution in [1.29, 1.82) is 0 Å². The summed E-state index contributed by atoms with van der Waals surface area (Å²) < 4.78 is 31.2. The molecule has 0 spiro atoms. The first-order valence-electron chi connectivity index (χ1n) is 6.40. The Morgan fingerprint density at radius 3 is 2.77 bits per heavy atom. The van der Waals surface area contributed by atoms with Crippen LogP contribution in [-0.4, -0.2) is 23.1 Å². The zero-order chi connectivity index (χ0) is 16.1. The van der Waals surface area contributed by atoms with E-state index in [-0.39, 0.29) is 18.0 Å². The van der Waals surface area contributed by atoms with E-state index in [2.05, 4.69) is 10.3 Å². The lowest BCUT2D eigenvalue weighted by Gasteiger charge is -2.09. The van der Waals surface area contributed by atoms with Crippen molar-refractivity contribution in [3.05, 3.63) is 57.8 Å². The van der Waals surface area contributed by atoms with E-state index in [0.29, 0.717) is 17.9 Å². The standard InChI is InChI=1S/C14H13F2N3O3/c1-9-6-14(18-8-12(9)19(20)21)17-4-5-22-13-3-2-10(15)7-11(13)16/h2-3,6-8H,4-5H2,1H3,(H,17,18). The van der Waals surface area contributed by atoms with E-state index < -0.39 is 16.6 Å². The minimum absolute atomic E-state index is 0.0453. The summed E-state index contributed by atoms with van der Waals surface area (Å²) in [5, 5.41) is 13.6. The molecule has 1 aromatic heterocycles. The number of benzene rings is 1. The van der Waals surface area contributed by atoms with Gasteiger partial charge in [-0.2, -0.15) is 0 Å². The van der Waals surface area contributed by atoms with Crippen molar-refractivity contribution in [2.45, 2.75) is 6.92 Å². The van der Waals surface area contributed by atoms with Crippen LogP contribution in [-0.2, 0) is 0 Å². The molecule has 116 valence electrons. The van der Waals surface area contributed by atoms with Crippen LogP contribution >= 0.6 is 0 Å². The number of hydrogen-bond donors (Lipinski definition) is 1. The summed E-state index contributed by atoms with van der Waals surface area (Å²) in [5.41, 5.74) is 0.420. The largest absolute Gasteiger partial charge is 0.489 e. The maximum absolute atomic E-state index is 13.3. The predicted octanol–water partition coefficient (Wildman–Crippen LogP) is 3.07. The molecule has 0 aliphatic rings. The summed E-state index contributed by atoms with van der Waals surface area (Å²) in [7, 11) is 0. The van der Waals surface area contributed by atoms with Crippen LogP contribution < -0.4 is 10.1 Å². The van der Waals surface area contributed by atoms with Crippen molar-refractivity contribution < 1.29 is 18.4 Å². The second-order valence-electron chi connectivity index (χ2n) is 4.46. The van der Waals surface area contributed by atoms with Gasteiger partial charge in [-0.05, 0) is 25.1 Å². The number of halogens is 2. The van der Waals surface area contributed by atoms with Gasteiger partial charge < -0.3 is 10.1 Å².